The van der Waals surface area contributed by atoms with E-state index in [0.717, 1.165) is 0 Å². The molecule has 0 saturated heterocycles. The number of aromatic nitrogens is 2. The molecule has 1 heterocycles. The van der Waals surface area contributed by atoms with Gasteiger partial charge in [0.25, 0.3) is 10.8 Å². The van der Waals surface area contributed by atoms with Gasteiger partial charge in [-0.25, -0.2) is 9.49 Å². The number of rotatable bonds is 4. The number of carbonyl (C=O) groups excluding carboxylic acids is 1. The van der Waals surface area contributed by atoms with Crippen molar-refractivity contribution in [3.63, 3.8) is 0 Å². The molecule has 1 aromatic heterocycles. The summed E-state index contributed by atoms with van der Waals surface area (Å²) < 4.78 is 18.9. The Bertz CT molecular complexity index is 1000. The van der Waals surface area contributed by atoms with Crippen LogP contribution < -0.4 is 10.3 Å². The second kappa shape index (κ2) is 6.41. The van der Waals surface area contributed by atoms with Crippen LogP contribution in [0.15, 0.2) is 41.2 Å². The predicted octanol–water partition coefficient (Wildman–Crippen LogP) is 3.04. The summed E-state index contributed by atoms with van der Waals surface area (Å²) in [6, 6.07) is 9.19. The Hall–Kier alpha value is -2.73. The standard InChI is InChI=1S/C17H12ClFN2O3/c1-24-14-4-2-3-10-15(14)13(20-21-17(10)23)8-9-5-6-12(19)11(7-9)16(18)22/h2-7H,8H2,1H3,(H,21,23). The van der Waals surface area contributed by atoms with E-state index in [0.29, 0.717) is 27.8 Å². The van der Waals surface area contributed by atoms with Crippen LogP contribution >= 0.6 is 11.6 Å². The molecule has 0 spiro atoms. The number of hydrogen-bond acceptors (Lipinski definition) is 4. The zero-order valence-corrected chi connectivity index (χ0v) is 13.4. The fraction of sp³-hybridized carbons (Fsp3) is 0.118. The first-order valence-corrected chi connectivity index (χ1v) is 7.41. The van der Waals surface area contributed by atoms with Crippen molar-refractivity contribution in [1.82, 2.24) is 10.2 Å². The van der Waals surface area contributed by atoms with Crippen molar-refractivity contribution >= 4 is 27.6 Å². The van der Waals surface area contributed by atoms with Gasteiger partial charge in [0.15, 0.2) is 0 Å². The number of nitrogens with one attached hydrogen (secondary N) is 1. The van der Waals surface area contributed by atoms with Gasteiger partial charge in [-0.2, -0.15) is 5.10 Å². The number of aromatic amines is 1. The number of fused-ring (bicyclic) bond motifs is 1. The molecule has 0 aliphatic carbocycles. The molecule has 0 amide bonds. The molecule has 2 aromatic carbocycles. The first kappa shape index (κ1) is 16.1. The van der Waals surface area contributed by atoms with Crippen LogP contribution in [-0.2, 0) is 6.42 Å². The Kier molecular flexibility index (Phi) is 4.31. The van der Waals surface area contributed by atoms with Crippen molar-refractivity contribution in [2.24, 2.45) is 0 Å². The molecule has 0 bridgehead atoms. The summed E-state index contributed by atoms with van der Waals surface area (Å²) in [5.74, 6) is -0.174. The summed E-state index contributed by atoms with van der Waals surface area (Å²) in [6.45, 7) is 0. The zero-order chi connectivity index (χ0) is 17.3. The lowest BCUT2D eigenvalue weighted by molar-refractivity contribution is 0.107. The van der Waals surface area contributed by atoms with Gasteiger partial charge in [-0.1, -0.05) is 12.1 Å². The van der Waals surface area contributed by atoms with E-state index in [2.05, 4.69) is 10.2 Å². The predicted molar refractivity (Wildman–Crippen MR) is 88.3 cm³/mol. The normalized spacial score (nSPS) is 10.8. The molecular weight excluding hydrogens is 335 g/mol. The van der Waals surface area contributed by atoms with Crippen molar-refractivity contribution < 1.29 is 13.9 Å². The van der Waals surface area contributed by atoms with Gasteiger partial charge in [0, 0.05) is 6.42 Å². The molecule has 0 saturated carbocycles. The molecule has 7 heteroatoms. The maximum Gasteiger partial charge on any atom is 0.272 e. The lowest BCUT2D eigenvalue weighted by Gasteiger charge is -2.10. The Balaban J connectivity index is 2.15. The Morgan fingerprint density at radius 3 is 2.83 bits per heavy atom. The van der Waals surface area contributed by atoms with Gasteiger partial charge in [0.1, 0.15) is 11.6 Å². The third-order valence-electron chi connectivity index (χ3n) is 3.69. The third-order valence-corrected chi connectivity index (χ3v) is 3.89. The summed E-state index contributed by atoms with van der Waals surface area (Å²) in [6.07, 6.45) is 0.269. The van der Waals surface area contributed by atoms with Gasteiger partial charge in [0.05, 0.1) is 29.1 Å². The summed E-state index contributed by atoms with van der Waals surface area (Å²) in [4.78, 5) is 23.2. The fourth-order valence-electron chi connectivity index (χ4n) is 2.58. The number of ether oxygens (including phenoxy) is 1. The number of H-pyrrole nitrogens is 1. The molecule has 1 N–H and O–H groups in total. The minimum Gasteiger partial charge on any atom is -0.496 e. The van der Waals surface area contributed by atoms with Gasteiger partial charge in [-0.3, -0.25) is 9.59 Å². The number of halogens is 2. The van der Waals surface area contributed by atoms with E-state index >= 15 is 0 Å². The van der Waals surface area contributed by atoms with Gasteiger partial charge in [-0.05, 0) is 41.4 Å². The Morgan fingerprint density at radius 1 is 1.33 bits per heavy atom. The smallest absolute Gasteiger partial charge is 0.272 e. The number of carbonyl (C=O) groups is 1. The third kappa shape index (κ3) is 2.88. The van der Waals surface area contributed by atoms with Crippen LogP contribution in [0.25, 0.3) is 10.8 Å². The molecule has 0 unspecified atom stereocenters. The summed E-state index contributed by atoms with van der Waals surface area (Å²) in [5, 5.41) is 6.66. The lowest BCUT2D eigenvalue weighted by Crippen LogP contribution is -2.12. The maximum atomic E-state index is 13.6. The van der Waals surface area contributed by atoms with E-state index in [1.165, 1.54) is 25.3 Å². The number of methoxy groups -OCH3 is 1. The zero-order valence-electron chi connectivity index (χ0n) is 12.6. The SMILES string of the molecule is COc1cccc2c(=O)[nH]nc(Cc3ccc(F)c(C(=O)Cl)c3)c12. The highest BCUT2D eigenvalue weighted by Crippen LogP contribution is 2.27. The lowest BCUT2D eigenvalue weighted by atomic mass is 10.0. The molecule has 3 rings (SSSR count). The summed E-state index contributed by atoms with van der Waals surface area (Å²) in [5.41, 5.74) is 0.645. The summed E-state index contributed by atoms with van der Waals surface area (Å²) >= 11 is 5.38. The van der Waals surface area contributed by atoms with Crippen molar-refractivity contribution in [3.05, 3.63) is 69.4 Å². The molecule has 122 valence electrons. The number of nitrogens with zero attached hydrogens (tertiary/aromatic N) is 1. The van der Waals surface area contributed by atoms with Crippen LogP contribution in [0.1, 0.15) is 21.6 Å². The first-order valence-electron chi connectivity index (χ1n) is 7.03. The second-order valence-corrected chi connectivity index (χ2v) is 5.49. The van der Waals surface area contributed by atoms with Crippen LogP contribution in [-0.4, -0.2) is 22.5 Å². The van der Waals surface area contributed by atoms with E-state index in [4.69, 9.17) is 16.3 Å². The highest BCUT2D eigenvalue weighted by atomic mass is 35.5. The van der Waals surface area contributed by atoms with Crippen molar-refractivity contribution in [1.29, 1.82) is 0 Å². The quantitative estimate of drug-likeness (QED) is 0.737. The van der Waals surface area contributed by atoms with E-state index in [1.54, 1.807) is 18.2 Å². The van der Waals surface area contributed by atoms with E-state index < -0.39 is 11.1 Å². The Labute approximate surface area is 141 Å². The average Bonchev–Trinajstić information content (AvgIpc) is 2.58. The maximum absolute atomic E-state index is 13.6. The fourth-order valence-corrected chi connectivity index (χ4v) is 2.72. The van der Waals surface area contributed by atoms with Crippen molar-refractivity contribution in [2.75, 3.05) is 7.11 Å². The number of hydrogen-bond donors (Lipinski definition) is 1. The molecule has 0 fully saturated rings. The largest absolute Gasteiger partial charge is 0.496 e. The molecule has 0 atom stereocenters. The number of benzene rings is 2. The van der Waals surface area contributed by atoms with Gasteiger partial charge in [0.2, 0.25) is 0 Å². The molecule has 0 aliphatic rings. The highest BCUT2D eigenvalue weighted by Gasteiger charge is 2.14. The monoisotopic (exact) mass is 346 g/mol. The summed E-state index contributed by atoms with van der Waals surface area (Å²) in [7, 11) is 1.50. The van der Waals surface area contributed by atoms with Gasteiger partial charge in [-0.15, -0.1) is 0 Å². The van der Waals surface area contributed by atoms with Crippen LogP contribution in [0.2, 0.25) is 0 Å². The van der Waals surface area contributed by atoms with Crippen LogP contribution in [0.3, 0.4) is 0 Å². The topological polar surface area (TPSA) is 72.1 Å². The average molecular weight is 347 g/mol. The van der Waals surface area contributed by atoms with Crippen molar-refractivity contribution in [2.45, 2.75) is 6.42 Å². The molecule has 24 heavy (non-hydrogen) atoms. The molecular formula is C17H12ClFN2O3. The first-order chi connectivity index (χ1) is 11.5. The molecule has 0 aliphatic heterocycles. The molecule has 5 nitrogen and oxygen atoms in total. The van der Waals surface area contributed by atoms with Crippen LogP contribution in [0.4, 0.5) is 4.39 Å². The van der Waals surface area contributed by atoms with E-state index in [1.807, 2.05) is 0 Å². The minimum absolute atomic E-state index is 0.199. The van der Waals surface area contributed by atoms with Crippen LogP contribution in [0, 0.1) is 5.82 Å². The van der Waals surface area contributed by atoms with Gasteiger partial charge >= 0.3 is 0 Å². The molecule has 0 radical (unpaired) electrons. The minimum atomic E-state index is -0.869. The van der Waals surface area contributed by atoms with E-state index in [9.17, 15) is 14.0 Å². The Morgan fingerprint density at radius 2 is 2.12 bits per heavy atom. The van der Waals surface area contributed by atoms with E-state index in [-0.39, 0.29) is 17.5 Å². The van der Waals surface area contributed by atoms with Crippen molar-refractivity contribution in [3.8, 4) is 5.75 Å². The second-order valence-electron chi connectivity index (χ2n) is 5.15. The van der Waals surface area contributed by atoms with Gasteiger partial charge < -0.3 is 4.74 Å². The van der Waals surface area contributed by atoms with Crippen LogP contribution in [0.5, 0.6) is 5.75 Å². The highest BCUT2D eigenvalue weighted by molar-refractivity contribution is 6.67. The molecule has 3 aromatic rings.